The third-order valence-electron chi connectivity index (χ3n) is 6.58. The summed E-state index contributed by atoms with van der Waals surface area (Å²) in [6.45, 7) is 4.56. The van der Waals surface area contributed by atoms with Crippen LogP contribution in [0.3, 0.4) is 0 Å². The lowest BCUT2D eigenvalue weighted by Crippen LogP contribution is -2.58. The molecule has 2 N–H and O–H groups in total. The first-order chi connectivity index (χ1) is 14.1. The highest BCUT2D eigenvalue weighted by Crippen LogP contribution is 2.31. The Labute approximate surface area is 169 Å². The average Bonchev–Trinajstić information content (AvgIpc) is 3.06. The van der Waals surface area contributed by atoms with Gasteiger partial charge in [-0.2, -0.15) is 0 Å². The topological polar surface area (TPSA) is 91.0 Å². The molecule has 0 saturated carbocycles. The minimum Gasteiger partial charge on any atom is -0.375 e. The Balaban J connectivity index is 1.37. The number of hydrogen-bond acceptors (Lipinski definition) is 6. The van der Waals surface area contributed by atoms with Crippen LogP contribution in [0.5, 0.6) is 0 Å². The molecule has 1 aromatic rings. The first kappa shape index (κ1) is 18.7. The molecule has 0 aromatic heterocycles. The van der Waals surface area contributed by atoms with Crippen LogP contribution in [0.15, 0.2) is 18.2 Å². The predicted molar refractivity (Wildman–Crippen MR) is 104 cm³/mol. The molecule has 154 valence electrons. The molecule has 29 heavy (non-hydrogen) atoms. The van der Waals surface area contributed by atoms with Gasteiger partial charge in [-0.05, 0) is 30.5 Å². The second-order valence-electron chi connectivity index (χ2n) is 8.29. The van der Waals surface area contributed by atoms with E-state index in [1.807, 2.05) is 18.2 Å². The molecule has 4 aliphatic heterocycles. The van der Waals surface area contributed by atoms with E-state index in [9.17, 15) is 14.4 Å². The predicted octanol–water partition coefficient (Wildman–Crippen LogP) is 0.0103. The number of piperidine rings is 2. The Morgan fingerprint density at radius 2 is 2.07 bits per heavy atom. The first-order valence-electron chi connectivity index (χ1n) is 10.4. The lowest BCUT2D eigenvalue weighted by molar-refractivity contribution is -0.136. The summed E-state index contributed by atoms with van der Waals surface area (Å²) in [5.74, 6) is -0.732. The third-order valence-corrected chi connectivity index (χ3v) is 6.58. The van der Waals surface area contributed by atoms with Crippen molar-refractivity contribution < 1.29 is 19.1 Å². The Kier molecular flexibility index (Phi) is 4.85. The molecule has 8 heteroatoms. The van der Waals surface area contributed by atoms with Crippen molar-refractivity contribution in [3.63, 3.8) is 0 Å². The molecule has 3 atom stereocenters. The molecule has 0 bridgehead atoms. The summed E-state index contributed by atoms with van der Waals surface area (Å²) >= 11 is 0. The van der Waals surface area contributed by atoms with Gasteiger partial charge in [0.05, 0.1) is 12.7 Å². The van der Waals surface area contributed by atoms with E-state index in [1.54, 1.807) is 4.90 Å². The summed E-state index contributed by atoms with van der Waals surface area (Å²) < 4.78 is 5.95. The van der Waals surface area contributed by atoms with E-state index < -0.39 is 6.04 Å². The number of rotatable bonds is 3. The zero-order valence-electron chi connectivity index (χ0n) is 16.4. The molecule has 4 aliphatic rings. The monoisotopic (exact) mass is 398 g/mol. The molecule has 1 aromatic carbocycles. The zero-order chi connectivity index (χ0) is 20.0. The Morgan fingerprint density at radius 1 is 1.17 bits per heavy atom. The van der Waals surface area contributed by atoms with Crippen molar-refractivity contribution >= 4 is 17.7 Å². The van der Waals surface area contributed by atoms with E-state index in [2.05, 4.69) is 15.5 Å². The molecule has 5 rings (SSSR count). The fourth-order valence-corrected chi connectivity index (χ4v) is 5.10. The van der Waals surface area contributed by atoms with Crippen LogP contribution in [0.25, 0.3) is 0 Å². The number of fused-ring (bicyclic) bond motifs is 2. The van der Waals surface area contributed by atoms with E-state index in [1.165, 1.54) is 0 Å². The van der Waals surface area contributed by atoms with Crippen LogP contribution < -0.4 is 10.6 Å². The van der Waals surface area contributed by atoms with Crippen molar-refractivity contribution in [2.45, 2.75) is 50.5 Å². The van der Waals surface area contributed by atoms with Crippen LogP contribution in [0, 0.1) is 0 Å². The molecule has 0 spiro atoms. The molecule has 8 nitrogen and oxygen atoms in total. The van der Waals surface area contributed by atoms with Crippen molar-refractivity contribution in [2.24, 2.45) is 0 Å². The summed E-state index contributed by atoms with van der Waals surface area (Å²) in [7, 11) is 0. The number of nitrogens with zero attached hydrogens (tertiary/aromatic N) is 2. The molecule has 3 saturated heterocycles. The van der Waals surface area contributed by atoms with E-state index in [4.69, 9.17) is 4.74 Å². The zero-order valence-corrected chi connectivity index (χ0v) is 16.4. The number of morpholine rings is 1. The number of carbonyl (C=O) groups is 3. The maximum absolute atomic E-state index is 13.3. The van der Waals surface area contributed by atoms with Crippen molar-refractivity contribution in [2.75, 3.05) is 26.2 Å². The lowest BCUT2D eigenvalue weighted by Gasteiger charge is -2.44. The van der Waals surface area contributed by atoms with Crippen molar-refractivity contribution in [1.29, 1.82) is 0 Å². The number of imide groups is 1. The Bertz CT molecular complexity index is 855. The van der Waals surface area contributed by atoms with Gasteiger partial charge < -0.3 is 15.0 Å². The van der Waals surface area contributed by atoms with E-state index in [0.29, 0.717) is 32.2 Å². The Morgan fingerprint density at radius 3 is 2.93 bits per heavy atom. The highest BCUT2D eigenvalue weighted by molar-refractivity contribution is 6.05. The van der Waals surface area contributed by atoms with Crippen LogP contribution in [0.4, 0.5) is 0 Å². The van der Waals surface area contributed by atoms with Crippen LogP contribution in [-0.2, 0) is 27.4 Å². The minimum atomic E-state index is -0.573. The fraction of sp³-hybridized carbons (Fsp3) is 0.571. The SMILES string of the molecule is O=C1CCC(N2Cc3cccc(CN4CCO[C@H]5CCNC[C@H]54)c3C2=O)C(=O)N1. The van der Waals surface area contributed by atoms with Crippen LogP contribution in [0.2, 0.25) is 0 Å². The Hall–Kier alpha value is -2.29. The van der Waals surface area contributed by atoms with E-state index in [0.717, 1.165) is 42.7 Å². The lowest BCUT2D eigenvalue weighted by atomic mass is 9.97. The molecule has 4 heterocycles. The molecule has 1 unspecified atom stereocenters. The number of benzene rings is 1. The van der Waals surface area contributed by atoms with E-state index in [-0.39, 0.29) is 30.2 Å². The van der Waals surface area contributed by atoms with Gasteiger partial charge in [0, 0.05) is 44.2 Å². The molecular weight excluding hydrogens is 372 g/mol. The highest BCUT2D eigenvalue weighted by atomic mass is 16.5. The normalized spacial score (nSPS) is 30.1. The minimum absolute atomic E-state index is 0.100. The molecule has 0 radical (unpaired) electrons. The number of amides is 3. The van der Waals surface area contributed by atoms with Crippen molar-refractivity contribution in [3.05, 3.63) is 34.9 Å². The summed E-state index contributed by atoms with van der Waals surface area (Å²) in [5.41, 5.74) is 2.70. The summed E-state index contributed by atoms with van der Waals surface area (Å²) in [4.78, 5) is 41.1. The van der Waals surface area contributed by atoms with Gasteiger partial charge in [-0.1, -0.05) is 18.2 Å². The van der Waals surface area contributed by atoms with Gasteiger partial charge >= 0.3 is 0 Å². The average molecular weight is 398 g/mol. The fourth-order valence-electron chi connectivity index (χ4n) is 5.10. The van der Waals surface area contributed by atoms with E-state index >= 15 is 0 Å². The number of carbonyl (C=O) groups excluding carboxylic acids is 3. The maximum Gasteiger partial charge on any atom is 0.255 e. The number of ether oxygens (including phenoxy) is 1. The van der Waals surface area contributed by atoms with Crippen LogP contribution in [-0.4, -0.2) is 72.0 Å². The molecular formula is C21H26N4O4. The number of hydrogen-bond donors (Lipinski definition) is 2. The molecule has 3 amide bonds. The van der Waals surface area contributed by atoms with Crippen molar-refractivity contribution in [3.8, 4) is 0 Å². The van der Waals surface area contributed by atoms with Gasteiger partial charge in [0.15, 0.2) is 0 Å². The summed E-state index contributed by atoms with van der Waals surface area (Å²) in [6.07, 6.45) is 1.92. The second kappa shape index (κ2) is 7.51. The third kappa shape index (κ3) is 3.35. The summed E-state index contributed by atoms with van der Waals surface area (Å²) in [6, 6.07) is 5.72. The van der Waals surface area contributed by atoms with Crippen molar-refractivity contribution in [1.82, 2.24) is 20.4 Å². The standard InChI is InChI=1S/C21H26N4O4/c26-18-5-4-15(20(27)23-18)25-12-14-3-1-2-13(19(14)21(25)28)11-24-8-9-29-17-6-7-22-10-16(17)24/h1-3,15-17,22H,4-12H2,(H,23,26,27)/t15?,16-,17+/m1/s1. The van der Waals surface area contributed by atoms with Gasteiger partial charge in [-0.15, -0.1) is 0 Å². The molecule has 0 aliphatic carbocycles. The van der Waals surface area contributed by atoms with Gasteiger partial charge in [-0.3, -0.25) is 24.6 Å². The van der Waals surface area contributed by atoms with Gasteiger partial charge in [0.1, 0.15) is 6.04 Å². The van der Waals surface area contributed by atoms with Gasteiger partial charge in [-0.25, -0.2) is 0 Å². The largest absolute Gasteiger partial charge is 0.375 e. The van der Waals surface area contributed by atoms with Crippen LogP contribution >= 0.6 is 0 Å². The van der Waals surface area contributed by atoms with Crippen LogP contribution in [0.1, 0.15) is 40.7 Å². The highest BCUT2D eigenvalue weighted by Gasteiger charge is 2.41. The van der Waals surface area contributed by atoms with Gasteiger partial charge in [0.25, 0.3) is 5.91 Å². The number of nitrogens with one attached hydrogen (secondary N) is 2. The second-order valence-corrected chi connectivity index (χ2v) is 8.29. The first-order valence-corrected chi connectivity index (χ1v) is 10.4. The smallest absolute Gasteiger partial charge is 0.255 e. The quantitative estimate of drug-likeness (QED) is 0.697. The maximum atomic E-state index is 13.3. The van der Waals surface area contributed by atoms with Gasteiger partial charge in [0.2, 0.25) is 11.8 Å². The summed E-state index contributed by atoms with van der Waals surface area (Å²) in [5, 5.41) is 5.81. The molecule has 3 fully saturated rings.